The van der Waals surface area contributed by atoms with E-state index >= 15 is 0 Å². The molecule has 2 N–H and O–H groups in total. The number of aryl methyl sites for hydroxylation is 1. The number of hydrogen-bond acceptors (Lipinski definition) is 3. The van der Waals surface area contributed by atoms with Gasteiger partial charge < -0.3 is 5.32 Å². The Balaban J connectivity index is 1.79. The molecule has 8 heteroatoms. The minimum Gasteiger partial charge on any atom is -0.351 e. The molecule has 0 atom stereocenters. The minimum atomic E-state index is -3.90. The predicted octanol–water partition coefficient (Wildman–Crippen LogP) is 4.96. The third kappa shape index (κ3) is 4.22. The van der Waals surface area contributed by atoms with Crippen molar-refractivity contribution in [2.75, 3.05) is 10.0 Å². The lowest BCUT2D eigenvalue weighted by Gasteiger charge is -2.12. The van der Waals surface area contributed by atoms with E-state index in [0.29, 0.717) is 5.69 Å². The van der Waals surface area contributed by atoms with Crippen LogP contribution in [0, 0.1) is 24.4 Å². The van der Waals surface area contributed by atoms with Crippen LogP contribution in [0.5, 0.6) is 0 Å². The number of rotatable bonds is 5. The Labute approximate surface area is 154 Å². The second-order valence-electron chi connectivity index (χ2n) is 5.81. The summed E-state index contributed by atoms with van der Waals surface area (Å²) < 4.78 is 67.8. The van der Waals surface area contributed by atoms with E-state index in [1.807, 2.05) is 0 Å². The fraction of sp³-hybridized carbons (Fsp3) is 0.0526. The first-order chi connectivity index (χ1) is 12.8. The minimum absolute atomic E-state index is 0.0421. The molecular formula is C19H15F3N2O2S. The highest BCUT2D eigenvalue weighted by atomic mass is 32.2. The van der Waals surface area contributed by atoms with Crippen molar-refractivity contribution >= 4 is 27.1 Å². The van der Waals surface area contributed by atoms with Crippen molar-refractivity contribution in [2.45, 2.75) is 11.8 Å². The van der Waals surface area contributed by atoms with Crippen molar-refractivity contribution < 1.29 is 21.6 Å². The number of halogens is 3. The highest BCUT2D eigenvalue weighted by Gasteiger charge is 2.17. The molecule has 0 heterocycles. The van der Waals surface area contributed by atoms with Crippen LogP contribution in [0.2, 0.25) is 0 Å². The monoisotopic (exact) mass is 392 g/mol. The average Bonchev–Trinajstić information content (AvgIpc) is 2.59. The van der Waals surface area contributed by atoms with Crippen LogP contribution in [0.3, 0.4) is 0 Å². The van der Waals surface area contributed by atoms with Gasteiger partial charge in [0.25, 0.3) is 10.0 Å². The number of hydrogen-bond donors (Lipinski definition) is 2. The summed E-state index contributed by atoms with van der Waals surface area (Å²) in [5.41, 5.74) is 0.599. The fourth-order valence-electron chi connectivity index (χ4n) is 2.51. The lowest BCUT2D eigenvalue weighted by Crippen LogP contribution is -2.14. The van der Waals surface area contributed by atoms with E-state index < -0.39 is 27.5 Å². The van der Waals surface area contributed by atoms with Gasteiger partial charge in [0, 0.05) is 11.4 Å². The van der Waals surface area contributed by atoms with Crippen LogP contribution < -0.4 is 10.0 Å². The molecule has 0 fully saturated rings. The maximum Gasteiger partial charge on any atom is 0.262 e. The van der Waals surface area contributed by atoms with Gasteiger partial charge in [-0.05, 0) is 67.1 Å². The zero-order valence-electron chi connectivity index (χ0n) is 14.1. The molecule has 0 aliphatic heterocycles. The van der Waals surface area contributed by atoms with Gasteiger partial charge in [0.05, 0.1) is 4.90 Å². The van der Waals surface area contributed by atoms with Gasteiger partial charge in [-0.2, -0.15) is 0 Å². The van der Waals surface area contributed by atoms with E-state index in [-0.39, 0.29) is 21.8 Å². The topological polar surface area (TPSA) is 58.2 Å². The highest BCUT2D eigenvalue weighted by Crippen LogP contribution is 2.25. The molecule has 0 saturated heterocycles. The van der Waals surface area contributed by atoms with Crippen molar-refractivity contribution in [3.05, 3.63) is 83.7 Å². The van der Waals surface area contributed by atoms with E-state index in [4.69, 9.17) is 0 Å². The molecule has 0 aliphatic carbocycles. The first-order valence-electron chi connectivity index (χ1n) is 7.86. The third-order valence-electron chi connectivity index (χ3n) is 3.80. The maximum atomic E-state index is 13.7. The normalized spacial score (nSPS) is 11.3. The molecule has 3 rings (SSSR count). The maximum absolute atomic E-state index is 13.7. The first-order valence-corrected chi connectivity index (χ1v) is 9.35. The Kier molecular flexibility index (Phi) is 5.09. The Hall–Kier alpha value is -3.00. The lowest BCUT2D eigenvalue weighted by atomic mass is 10.2. The van der Waals surface area contributed by atoms with Gasteiger partial charge in [-0.25, -0.2) is 21.6 Å². The zero-order valence-corrected chi connectivity index (χ0v) is 14.9. The molecule has 27 heavy (non-hydrogen) atoms. The summed E-state index contributed by atoms with van der Waals surface area (Å²) in [7, 11) is -3.90. The molecule has 140 valence electrons. The number of para-hydroxylation sites is 1. The van der Waals surface area contributed by atoms with Gasteiger partial charge in [-0.15, -0.1) is 0 Å². The van der Waals surface area contributed by atoms with Gasteiger partial charge in [0.1, 0.15) is 23.1 Å². The van der Waals surface area contributed by atoms with E-state index in [1.165, 1.54) is 43.3 Å². The molecule has 0 amide bonds. The van der Waals surface area contributed by atoms with Crippen LogP contribution in [0.4, 0.5) is 30.2 Å². The SMILES string of the molecule is Cc1cc(F)ccc1S(=O)(=O)Nc1ccc(Nc2c(F)cccc2F)cc1. The zero-order chi connectivity index (χ0) is 19.6. The van der Waals surface area contributed by atoms with E-state index in [0.717, 1.165) is 24.3 Å². The molecule has 0 spiro atoms. The van der Waals surface area contributed by atoms with Crippen molar-refractivity contribution in [3.8, 4) is 0 Å². The van der Waals surface area contributed by atoms with Crippen molar-refractivity contribution in [3.63, 3.8) is 0 Å². The second-order valence-corrected chi connectivity index (χ2v) is 7.47. The Bertz CT molecular complexity index is 1060. The number of nitrogens with one attached hydrogen (secondary N) is 2. The van der Waals surface area contributed by atoms with Gasteiger partial charge in [0.2, 0.25) is 0 Å². The van der Waals surface area contributed by atoms with Gasteiger partial charge >= 0.3 is 0 Å². The van der Waals surface area contributed by atoms with Crippen LogP contribution in [0.1, 0.15) is 5.56 Å². The smallest absolute Gasteiger partial charge is 0.262 e. The van der Waals surface area contributed by atoms with Crippen LogP contribution in [0.25, 0.3) is 0 Å². The van der Waals surface area contributed by atoms with Crippen molar-refractivity contribution in [1.29, 1.82) is 0 Å². The third-order valence-corrected chi connectivity index (χ3v) is 5.34. The van der Waals surface area contributed by atoms with E-state index in [2.05, 4.69) is 10.0 Å². The summed E-state index contributed by atoms with van der Waals surface area (Å²) in [5, 5.41) is 2.61. The van der Waals surface area contributed by atoms with Crippen molar-refractivity contribution in [1.82, 2.24) is 0 Å². The number of sulfonamides is 1. The Morgan fingerprint density at radius 3 is 2.00 bits per heavy atom. The Morgan fingerprint density at radius 1 is 0.815 bits per heavy atom. The van der Waals surface area contributed by atoms with Crippen LogP contribution in [-0.4, -0.2) is 8.42 Å². The predicted molar refractivity (Wildman–Crippen MR) is 98.0 cm³/mol. The summed E-state index contributed by atoms with van der Waals surface area (Å²) in [5.74, 6) is -2.01. The molecule has 3 aromatic rings. The fourth-order valence-corrected chi connectivity index (χ4v) is 3.79. The van der Waals surface area contributed by atoms with Crippen LogP contribution in [-0.2, 0) is 10.0 Å². The van der Waals surface area contributed by atoms with Gasteiger partial charge in [-0.1, -0.05) is 6.07 Å². The summed E-state index contributed by atoms with van der Waals surface area (Å²) in [4.78, 5) is -0.0421. The standard InChI is InChI=1S/C19H15F3N2O2S/c1-12-11-13(20)5-10-18(12)27(25,26)24-15-8-6-14(7-9-15)23-19-16(21)3-2-4-17(19)22/h2-11,23-24H,1H3. The van der Waals surface area contributed by atoms with E-state index in [1.54, 1.807) is 0 Å². The van der Waals surface area contributed by atoms with E-state index in [9.17, 15) is 21.6 Å². The molecule has 0 aliphatic rings. The molecule has 4 nitrogen and oxygen atoms in total. The number of benzene rings is 3. The number of anilines is 3. The molecule has 3 aromatic carbocycles. The molecule has 0 unspecified atom stereocenters. The average molecular weight is 392 g/mol. The molecule has 0 radical (unpaired) electrons. The highest BCUT2D eigenvalue weighted by molar-refractivity contribution is 7.92. The Morgan fingerprint density at radius 2 is 1.41 bits per heavy atom. The summed E-state index contributed by atoms with van der Waals surface area (Å²) in [6, 6.07) is 12.7. The summed E-state index contributed by atoms with van der Waals surface area (Å²) in [6.45, 7) is 1.49. The second kappa shape index (κ2) is 7.32. The van der Waals surface area contributed by atoms with Gasteiger partial charge in [-0.3, -0.25) is 4.72 Å². The molecule has 0 saturated carbocycles. The van der Waals surface area contributed by atoms with Crippen LogP contribution >= 0.6 is 0 Å². The summed E-state index contributed by atoms with van der Waals surface area (Å²) in [6.07, 6.45) is 0. The molecular weight excluding hydrogens is 377 g/mol. The summed E-state index contributed by atoms with van der Waals surface area (Å²) >= 11 is 0. The van der Waals surface area contributed by atoms with Crippen molar-refractivity contribution in [2.24, 2.45) is 0 Å². The molecule has 0 aromatic heterocycles. The molecule has 0 bridgehead atoms. The van der Waals surface area contributed by atoms with Crippen LogP contribution in [0.15, 0.2) is 65.6 Å². The largest absolute Gasteiger partial charge is 0.351 e. The van der Waals surface area contributed by atoms with Gasteiger partial charge in [0.15, 0.2) is 0 Å². The lowest BCUT2D eigenvalue weighted by molar-refractivity contribution is 0.590. The quantitative estimate of drug-likeness (QED) is 0.645. The first kappa shape index (κ1) is 18.8.